The molecule has 0 aliphatic heterocycles. The summed E-state index contributed by atoms with van der Waals surface area (Å²) in [6.07, 6.45) is 1.41. The first-order valence-corrected chi connectivity index (χ1v) is 5.76. The van der Waals surface area contributed by atoms with Crippen LogP contribution in [0.25, 0.3) is 0 Å². The number of carbonyl (C=O) groups is 1. The number of carboxylic acids is 1. The van der Waals surface area contributed by atoms with Gasteiger partial charge in [0.15, 0.2) is 0 Å². The van der Waals surface area contributed by atoms with Crippen LogP contribution in [0.5, 0.6) is 0 Å². The van der Waals surface area contributed by atoms with Gasteiger partial charge in [0.2, 0.25) is 0 Å². The van der Waals surface area contributed by atoms with Crippen molar-refractivity contribution >= 4 is 5.97 Å². The highest BCUT2D eigenvalue weighted by atomic mass is 16.4. The molecule has 0 aliphatic rings. The lowest BCUT2D eigenvalue weighted by Gasteiger charge is -2.32. The minimum atomic E-state index is -0.786. The van der Waals surface area contributed by atoms with Crippen LogP contribution in [-0.4, -0.2) is 30.2 Å². The maximum absolute atomic E-state index is 10.7. The zero-order valence-electron chi connectivity index (χ0n) is 10.1. The molecule has 1 unspecified atom stereocenters. The normalized spacial score (nSPS) is 14.2. The standard InChI is InChI=1S/C13H20N2O2/c1-15-13(10-14,8-7-12(16)17)9-11-5-3-2-4-6-11/h2-6,15H,7-10,14H2,1H3,(H,16,17). The fourth-order valence-electron chi connectivity index (χ4n) is 1.91. The Balaban J connectivity index is 2.73. The molecule has 0 amide bonds. The minimum Gasteiger partial charge on any atom is -0.481 e. The molecule has 0 heterocycles. The second-order valence-corrected chi connectivity index (χ2v) is 4.29. The van der Waals surface area contributed by atoms with Gasteiger partial charge in [0, 0.05) is 18.5 Å². The van der Waals surface area contributed by atoms with E-state index in [9.17, 15) is 4.79 Å². The molecule has 1 aromatic rings. The van der Waals surface area contributed by atoms with E-state index in [4.69, 9.17) is 10.8 Å². The van der Waals surface area contributed by atoms with Crippen molar-refractivity contribution < 1.29 is 9.90 Å². The molecular formula is C13H20N2O2. The number of likely N-dealkylation sites (N-methyl/N-ethyl adjacent to an activating group) is 1. The van der Waals surface area contributed by atoms with Crippen molar-refractivity contribution in [2.45, 2.75) is 24.8 Å². The van der Waals surface area contributed by atoms with Crippen LogP contribution in [0.4, 0.5) is 0 Å². The van der Waals surface area contributed by atoms with Gasteiger partial charge in [0.25, 0.3) is 0 Å². The third-order valence-electron chi connectivity index (χ3n) is 3.12. The molecule has 4 nitrogen and oxygen atoms in total. The van der Waals surface area contributed by atoms with Crippen LogP contribution in [0, 0.1) is 0 Å². The number of aliphatic carboxylic acids is 1. The first-order chi connectivity index (χ1) is 8.12. The molecule has 0 spiro atoms. The van der Waals surface area contributed by atoms with E-state index in [-0.39, 0.29) is 12.0 Å². The van der Waals surface area contributed by atoms with Crippen LogP contribution in [0.1, 0.15) is 18.4 Å². The summed E-state index contributed by atoms with van der Waals surface area (Å²) in [4.78, 5) is 10.7. The van der Waals surface area contributed by atoms with E-state index in [2.05, 4.69) is 5.32 Å². The van der Waals surface area contributed by atoms with Gasteiger partial charge >= 0.3 is 5.97 Å². The van der Waals surface area contributed by atoms with Crippen LogP contribution in [0.2, 0.25) is 0 Å². The van der Waals surface area contributed by atoms with Gasteiger partial charge in [0.1, 0.15) is 0 Å². The molecule has 4 heteroatoms. The highest BCUT2D eigenvalue weighted by molar-refractivity contribution is 5.66. The monoisotopic (exact) mass is 236 g/mol. The largest absolute Gasteiger partial charge is 0.481 e. The summed E-state index contributed by atoms with van der Waals surface area (Å²) in [5.74, 6) is -0.786. The summed E-state index contributed by atoms with van der Waals surface area (Å²) in [5, 5.41) is 11.9. The van der Waals surface area contributed by atoms with Crippen LogP contribution >= 0.6 is 0 Å². The van der Waals surface area contributed by atoms with Crippen LogP contribution < -0.4 is 11.1 Å². The molecule has 0 bridgehead atoms. The predicted molar refractivity (Wildman–Crippen MR) is 67.9 cm³/mol. The molecule has 0 aliphatic carbocycles. The lowest BCUT2D eigenvalue weighted by atomic mass is 9.86. The van der Waals surface area contributed by atoms with E-state index in [0.29, 0.717) is 13.0 Å². The molecule has 17 heavy (non-hydrogen) atoms. The lowest BCUT2D eigenvalue weighted by molar-refractivity contribution is -0.137. The molecule has 0 saturated heterocycles. The SMILES string of the molecule is CNC(CN)(CCC(=O)O)Cc1ccccc1. The quantitative estimate of drug-likeness (QED) is 0.660. The topological polar surface area (TPSA) is 75.3 Å². The predicted octanol–water partition coefficient (Wildman–Crippen LogP) is 1.01. The van der Waals surface area contributed by atoms with Gasteiger partial charge in [-0.15, -0.1) is 0 Å². The average molecular weight is 236 g/mol. The number of nitrogens with one attached hydrogen (secondary N) is 1. The second kappa shape index (κ2) is 6.37. The summed E-state index contributed by atoms with van der Waals surface area (Å²) in [7, 11) is 1.83. The van der Waals surface area contributed by atoms with Gasteiger partial charge in [-0.25, -0.2) is 0 Å². The Bertz CT molecular complexity index is 348. The zero-order valence-corrected chi connectivity index (χ0v) is 10.1. The molecular weight excluding hydrogens is 216 g/mol. The van der Waals surface area contributed by atoms with Gasteiger partial charge in [-0.05, 0) is 25.5 Å². The molecule has 4 N–H and O–H groups in total. The Morgan fingerprint density at radius 1 is 1.41 bits per heavy atom. The van der Waals surface area contributed by atoms with Crippen molar-refractivity contribution in [3.63, 3.8) is 0 Å². The molecule has 0 radical (unpaired) electrons. The Kier molecular flexibility index (Phi) is 5.12. The smallest absolute Gasteiger partial charge is 0.303 e. The molecule has 0 saturated carbocycles. The third kappa shape index (κ3) is 4.17. The maximum atomic E-state index is 10.7. The van der Waals surface area contributed by atoms with Crippen LogP contribution in [0.3, 0.4) is 0 Å². The molecule has 0 fully saturated rings. The van der Waals surface area contributed by atoms with Gasteiger partial charge in [-0.3, -0.25) is 4.79 Å². The average Bonchev–Trinajstić information content (AvgIpc) is 2.36. The minimum absolute atomic E-state index is 0.130. The molecule has 0 aromatic heterocycles. The van der Waals surface area contributed by atoms with Crippen molar-refractivity contribution in [2.24, 2.45) is 5.73 Å². The van der Waals surface area contributed by atoms with Gasteiger partial charge in [0.05, 0.1) is 0 Å². The first kappa shape index (κ1) is 13.7. The number of hydrogen-bond acceptors (Lipinski definition) is 3. The summed E-state index contributed by atoms with van der Waals surface area (Å²) in [6, 6.07) is 9.97. The Hall–Kier alpha value is -1.39. The summed E-state index contributed by atoms with van der Waals surface area (Å²) in [6.45, 7) is 0.422. The van der Waals surface area contributed by atoms with Gasteiger partial charge in [-0.2, -0.15) is 0 Å². The summed E-state index contributed by atoms with van der Waals surface area (Å²) >= 11 is 0. The first-order valence-electron chi connectivity index (χ1n) is 5.76. The lowest BCUT2D eigenvalue weighted by Crippen LogP contribution is -2.51. The van der Waals surface area contributed by atoms with E-state index in [1.54, 1.807) is 0 Å². The second-order valence-electron chi connectivity index (χ2n) is 4.29. The van der Waals surface area contributed by atoms with Crippen molar-refractivity contribution in [2.75, 3.05) is 13.6 Å². The van der Waals surface area contributed by atoms with E-state index in [1.807, 2.05) is 37.4 Å². The third-order valence-corrected chi connectivity index (χ3v) is 3.12. The molecule has 1 rings (SSSR count). The Morgan fingerprint density at radius 2 is 2.06 bits per heavy atom. The summed E-state index contributed by atoms with van der Waals surface area (Å²) < 4.78 is 0. The Morgan fingerprint density at radius 3 is 2.53 bits per heavy atom. The van der Waals surface area contributed by atoms with Crippen molar-refractivity contribution in [3.8, 4) is 0 Å². The number of benzene rings is 1. The van der Waals surface area contributed by atoms with Gasteiger partial charge in [-0.1, -0.05) is 30.3 Å². The van der Waals surface area contributed by atoms with Crippen LogP contribution in [-0.2, 0) is 11.2 Å². The number of carboxylic acid groups (broad SMARTS) is 1. The molecule has 1 aromatic carbocycles. The highest BCUT2D eigenvalue weighted by Gasteiger charge is 2.27. The van der Waals surface area contributed by atoms with Crippen molar-refractivity contribution in [1.82, 2.24) is 5.32 Å². The van der Waals surface area contributed by atoms with E-state index in [0.717, 1.165) is 12.0 Å². The van der Waals surface area contributed by atoms with E-state index in [1.165, 1.54) is 0 Å². The van der Waals surface area contributed by atoms with Gasteiger partial charge < -0.3 is 16.2 Å². The Labute approximate surface area is 102 Å². The van der Waals surface area contributed by atoms with E-state index >= 15 is 0 Å². The fourth-order valence-corrected chi connectivity index (χ4v) is 1.91. The number of rotatable bonds is 7. The molecule has 94 valence electrons. The zero-order chi connectivity index (χ0) is 12.7. The summed E-state index contributed by atoms with van der Waals surface area (Å²) in [5.41, 5.74) is 6.63. The fraction of sp³-hybridized carbons (Fsp3) is 0.462. The maximum Gasteiger partial charge on any atom is 0.303 e. The molecule has 1 atom stereocenters. The highest BCUT2D eigenvalue weighted by Crippen LogP contribution is 2.18. The van der Waals surface area contributed by atoms with Crippen molar-refractivity contribution in [1.29, 1.82) is 0 Å². The van der Waals surface area contributed by atoms with Crippen LogP contribution in [0.15, 0.2) is 30.3 Å². The number of nitrogens with two attached hydrogens (primary N) is 1. The number of hydrogen-bond donors (Lipinski definition) is 3. The van der Waals surface area contributed by atoms with Crippen molar-refractivity contribution in [3.05, 3.63) is 35.9 Å². The van der Waals surface area contributed by atoms with E-state index < -0.39 is 5.97 Å².